The highest BCUT2D eigenvalue weighted by atomic mass is 32.2. The molecule has 48 heavy (non-hydrogen) atoms. The van der Waals surface area contributed by atoms with Crippen molar-refractivity contribution < 1.29 is 19.1 Å². The number of amides is 2. The first-order valence-corrected chi connectivity index (χ1v) is 18.2. The van der Waals surface area contributed by atoms with Gasteiger partial charge in [0.15, 0.2) is 0 Å². The minimum absolute atomic E-state index is 0.126. The Bertz CT molecular complexity index is 1720. The highest BCUT2D eigenvalue weighted by Crippen LogP contribution is 2.50. The second-order valence-corrected chi connectivity index (χ2v) is 16.7. The maximum Gasteiger partial charge on any atom is 0.410 e. The van der Waals surface area contributed by atoms with Crippen molar-refractivity contribution in [3.8, 4) is 22.5 Å². The predicted molar refractivity (Wildman–Crippen MR) is 186 cm³/mol. The van der Waals surface area contributed by atoms with Crippen molar-refractivity contribution in [2.24, 2.45) is 0 Å². The number of benzene rings is 2. The molecule has 2 aromatic carbocycles. The number of H-pyrrole nitrogens is 2. The van der Waals surface area contributed by atoms with Gasteiger partial charge in [-0.2, -0.15) is 0 Å². The number of aromatic nitrogens is 4. The molecule has 2 aromatic heterocycles. The molecule has 0 radical (unpaired) electrons. The lowest BCUT2D eigenvalue weighted by Gasteiger charge is -2.27. The van der Waals surface area contributed by atoms with Crippen molar-refractivity contribution >= 4 is 35.7 Å². The Morgan fingerprint density at radius 1 is 0.688 bits per heavy atom. The van der Waals surface area contributed by atoms with Crippen LogP contribution in [-0.2, 0) is 9.47 Å². The Kier molecular flexibility index (Phi) is 8.52. The van der Waals surface area contributed by atoms with Crippen LogP contribution in [-0.4, -0.2) is 66.2 Å². The van der Waals surface area contributed by atoms with Gasteiger partial charge < -0.3 is 19.4 Å². The second kappa shape index (κ2) is 12.5. The maximum atomic E-state index is 12.9. The van der Waals surface area contributed by atoms with E-state index >= 15 is 0 Å². The van der Waals surface area contributed by atoms with E-state index < -0.39 is 11.2 Å². The summed E-state index contributed by atoms with van der Waals surface area (Å²) in [5.74, 6) is 1.57. The van der Waals surface area contributed by atoms with E-state index in [1.165, 1.54) is 19.6 Å². The van der Waals surface area contributed by atoms with E-state index in [1.54, 1.807) is 33.3 Å². The first-order chi connectivity index (χ1) is 22.8. The molecule has 5 heterocycles. The molecular weight excluding hydrogens is 645 g/mol. The summed E-state index contributed by atoms with van der Waals surface area (Å²) in [6, 6.07) is 12.7. The van der Waals surface area contributed by atoms with Crippen LogP contribution < -0.4 is 0 Å². The minimum atomic E-state index is -0.543. The van der Waals surface area contributed by atoms with E-state index in [-0.39, 0.29) is 24.3 Å². The molecule has 0 spiro atoms. The van der Waals surface area contributed by atoms with Crippen molar-refractivity contribution in [3.63, 3.8) is 0 Å². The van der Waals surface area contributed by atoms with Crippen molar-refractivity contribution in [2.45, 2.75) is 110 Å². The van der Waals surface area contributed by atoms with Gasteiger partial charge in [-0.25, -0.2) is 19.6 Å². The van der Waals surface area contributed by atoms with E-state index in [2.05, 4.69) is 46.4 Å². The number of hydrogen-bond acceptors (Lipinski definition) is 8. The fourth-order valence-corrected chi connectivity index (χ4v) is 8.68. The third-order valence-electron chi connectivity index (χ3n) is 8.53. The molecule has 2 amide bonds. The molecule has 2 atom stereocenters. The molecule has 2 N–H and O–H groups in total. The van der Waals surface area contributed by atoms with Gasteiger partial charge in [-0.3, -0.25) is 9.80 Å². The Morgan fingerprint density at radius 2 is 1.10 bits per heavy atom. The molecule has 252 valence electrons. The highest BCUT2D eigenvalue weighted by Gasteiger charge is 2.36. The van der Waals surface area contributed by atoms with E-state index in [0.29, 0.717) is 13.1 Å². The van der Waals surface area contributed by atoms with Crippen molar-refractivity contribution in [1.82, 2.24) is 29.7 Å². The smallest absolute Gasteiger partial charge is 0.410 e. The first-order valence-electron chi connectivity index (χ1n) is 16.5. The van der Waals surface area contributed by atoms with Gasteiger partial charge in [0.05, 0.1) is 35.9 Å². The van der Waals surface area contributed by atoms with Crippen LogP contribution in [0.3, 0.4) is 0 Å². The van der Waals surface area contributed by atoms with Crippen molar-refractivity contribution in [3.05, 3.63) is 60.4 Å². The fourth-order valence-electron chi connectivity index (χ4n) is 6.40. The molecule has 10 nitrogen and oxygen atoms in total. The van der Waals surface area contributed by atoms with Crippen LogP contribution in [0.5, 0.6) is 0 Å². The quantitative estimate of drug-likeness (QED) is 0.192. The van der Waals surface area contributed by atoms with Crippen LogP contribution in [0.1, 0.15) is 91.0 Å². The molecule has 7 rings (SSSR count). The zero-order chi connectivity index (χ0) is 33.8. The van der Waals surface area contributed by atoms with E-state index in [9.17, 15) is 9.59 Å². The minimum Gasteiger partial charge on any atom is -0.444 e. The largest absolute Gasteiger partial charge is 0.444 e. The molecular formula is C36H42N6O4S2. The average molecular weight is 687 g/mol. The van der Waals surface area contributed by atoms with Gasteiger partial charge in [0, 0.05) is 43.8 Å². The summed E-state index contributed by atoms with van der Waals surface area (Å²) in [6.45, 7) is 12.7. The van der Waals surface area contributed by atoms with Gasteiger partial charge in [0.1, 0.15) is 22.9 Å². The Balaban J connectivity index is 1.07. The lowest BCUT2D eigenvalue weighted by molar-refractivity contribution is 0.0208. The van der Waals surface area contributed by atoms with Crippen molar-refractivity contribution in [2.75, 3.05) is 13.1 Å². The number of carbonyl (C=O) groups is 2. The number of imidazole rings is 2. The summed E-state index contributed by atoms with van der Waals surface area (Å²) in [4.78, 5) is 50.5. The molecule has 0 unspecified atom stereocenters. The van der Waals surface area contributed by atoms with Crippen LogP contribution in [0.15, 0.2) is 68.4 Å². The highest BCUT2D eigenvalue weighted by molar-refractivity contribution is 8.05. The number of hydrogen-bond donors (Lipinski definition) is 2. The number of nitrogens with zero attached hydrogens (tertiary/aromatic N) is 4. The molecule has 0 saturated carbocycles. The standard InChI is InChI=1S/C36H42N6O4S2/c1-35(2,3)45-33(43)41-15-7-9-25(41)31-37-19-23(39-31)21-11-13-27-29(17-21)48-30-18-22(12-14-28(30)47-27)24-20-38-32(40-24)26-10-8-16-42(26)34(44)46-36(4,5)6/h11-14,17-20,25-26H,7-10,15-16H2,1-6H3,(H,37,39)(H,38,40)/t25-,26-/m0/s1. The van der Waals surface area contributed by atoms with E-state index in [0.717, 1.165) is 59.8 Å². The second-order valence-electron chi connectivity index (χ2n) is 14.6. The number of rotatable bonds is 4. The van der Waals surface area contributed by atoms with E-state index in [4.69, 9.17) is 19.4 Å². The maximum absolute atomic E-state index is 12.9. The van der Waals surface area contributed by atoms with Crippen molar-refractivity contribution in [1.29, 1.82) is 0 Å². The fraction of sp³-hybridized carbons (Fsp3) is 0.444. The summed E-state index contributed by atoms with van der Waals surface area (Å²) in [7, 11) is 0. The monoisotopic (exact) mass is 686 g/mol. The summed E-state index contributed by atoms with van der Waals surface area (Å²) in [6.07, 6.45) is 6.66. The van der Waals surface area contributed by atoms with E-state index in [1.807, 2.05) is 53.9 Å². The summed E-state index contributed by atoms with van der Waals surface area (Å²) >= 11 is 3.52. The topological polar surface area (TPSA) is 116 Å². The molecule has 12 heteroatoms. The summed E-state index contributed by atoms with van der Waals surface area (Å²) < 4.78 is 11.3. The summed E-state index contributed by atoms with van der Waals surface area (Å²) in [5.41, 5.74) is 2.85. The average Bonchev–Trinajstić information content (AvgIpc) is 3.83. The first kappa shape index (κ1) is 32.6. The lowest BCUT2D eigenvalue weighted by atomic mass is 10.1. The van der Waals surface area contributed by atoms with Crippen LogP contribution in [0, 0.1) is 0 Å². The third kappa shape index (κ3) is 6.82. The van der Waals surface area contributed by atoms with Crippen LogP contribution in [0.25, 0.3) is 22.5 Å². The van der Waals surface area contributed by atoms with Gasteiger partial charge in [0.2, 0.25) is 0 Å². The zero-order valence-electron chi connectivity index (χ0n) is 28.3. The third-order valence-corrected chi connectivity index (χ3v) is 11.1. The van der Waals surface area contributed by atoms with Crippen LogP contribution in [0.2, 0.25) is 0 Å². The van der Waals surface area contributed by atoms with Crippen LogP contribution >= 0.6 is 23.5 Å². The normalized spacial score (nSPS) is 19.3. The molecule has 3 aliphatic heterocycles. The number of nitrogens with one attached hydrogen (secondary N) is 2. The van der Waals surface area contributed by atoms with Gasteiger partial charge >= 0.3 is 12.2 Å². The van der Waals surface area contributed by atoms with Gasteiger partial charge in [-0.05, 0) is 91.5 Å². The molecule has 3 aliphatic rings. The number of fused-ring (bicyclic) bond motifs is 2. The predicted octanol–water partition coefficient (Wildman–Crippen LogP) is 9.23. The zero-order valence-corrected chi connectivity index (χ0v) is 29.9. The molecule has 2 saturated heterocycles. The van der Waals surface area contributed by atoms with Crippen LogP contribution in [0.4, 0.5) is 9.59 Å². The molecule has 0 aliphatic carbocycles. The Hall–Kier alpha value is -3.90. The van der Waals surface area contributed by atoms with Gasteiger partial charge in [0.25, 0.3) is 0 Å². The molecule has 4 aromatic rings. The molecule has 2 fully saturated rings. The number of carbonyl (C=O) groups excluding carboxylic acids is 2. The van der Waals surface area contributed by atoms with Gasteiger partial charge in [-0.1, -0.05) is 35.7 Å². The lowest BCUT2D eigenvalue weighted by Crippen LogP contribution is -2.36. The SMILES string of the molecule is CC(C)(C)OC(=O)N1CCC[C@H]1c1ncc(-c2ccc3c(c2)Sc2cc(-c4cnc([C@@H]5CCCN5C(=O)OC(C)(C)C)[nH]4)ccc2S3)[nH]1. The Labute approximate surface area is 289 Å². The number of likely N-dealkylation sites (tertiary alicyclic amines) is 2. The number of aromatic amines is 2. The Morgan fingerprint density at radius 3 is 1.52 bits per heavy atom. The molecule has 0 bridgehead atoms. The number of ether oxygens (including phenoxy) is 2. The summed E-state index contributed by atoms with van der Waals surface area (Å²) in [5, 5.41) is 0. The van der Waals surface area contributed by atoms with Gasteiger partial charge in [-0.15, -0.1) is 0 Å².